The Bertz CT molecular complexity index is 419. The van der Waals surface area contributed by atoms with Crippen molar-refractivity contribution >= 4 is 23.2 Å². The van der Waals surface area contributed by atoms with Gasteiger partial charge in [0.25, 0.3) is 0 Å². The highest BCUT2D eigenvalue weighted by Gasteiger charge is 2.21. The molecule has 3 nitrogen and oxygen atoms in total. The van der Waals surface area contributed by atoms with Gasteiger partial charge in [0.05, 0.1) is 16.6 Å². The molecule has 0 aliphatic carbocycles. The van der Waals surface area contributed by atoms with Crippen LogP contribution in [-0.4, -0.2) is 19.0 Å². The summed E-state index contributed by atoms with van der Waals surface area (Å²) in [4.78, 5) is 11.9. The van der Waals surface area contributed by atoms with Gasteiger partial charge in [0.1, 0.15) is 0 Å². The minimum absolute atomic E-state index is 0.0181. The molecule has 1 saturated heterocycles. The lowest BCUT2D eigenvalue weighted by atomic mass is 9.99. The van der Waals surface area contributed by atoms with Gasteiger partial charge in [-0.25, -0.2) is 4.39 Å². The van der Waals surface area contributed by atoms with Gasteiger partial charge in [0.2, 0.25) is 5.91 Å². The van der Waals surface area contributed by atoms with E-state index >= 15 is 0 Å². The van der Waals surface area contributed by atoms with Crippen LogP contribution in [0.3, 0.4) is 0 Å². The number of anilines is 1. The van der Waals surface area contributed by atoms with Crippen molar-refractivity contribution in [2.75, 3.05) is 18.4 Å². The summed E-state index contributed by atoms with van der Waals surface area (Å²) < 4.78 is 13.6. The molecule has 0 spiro atoms. The van der Waals surface area contributed by atoms with Gasteiger partial charge >= 0.3 is 0 Å². The number of amides is 1. The number of nitrogens with one attached hydrogen (secondary N) is 2. The van der Waals surface area contributed by atoms with Crippen molar-refractivity contribution in [2.24, 2.45) is 5.92 Å². The van der Waals surface area contributed by atoms with E-state index in [0.29, 0.717) is 6.54 Å². The maximum Gasteiger partial charge on any atom is 0.228 e. The van der Waals surface area contributed by atoms with Crippen molar-refractivity contribution in [3.05, 3.63) is 29.0 Å². The van der Waals surface area contributed by atoms with Gasteiger partial charge in [-0.15, -0.1) is 0 Å². The average Bonchev–Trinajstić information content (AvgIpc) is 2.36. The van der Waals surface area contributed by atoms with Crippen molar-refractivity contribution < 1.29 is 9.18 Å². The lowest BCUT2D eigenvalue weighted by Gasteiger charge is -2.22. The normalized spacial score (nSPS) is 20.0. The smallest absolute Gasteiger partial charge is 0.228 e. The Morgan fingerprint density at radius 1 is 1.53 bits per heavy atom. The number of hydrogen-bond acceptors (Lipinski definition) is 2. The van der Waals surface area contributed by atoms with Gasteiger partial charge in [-0.1, -0.05) is 17.7 Å². The van der Waals surface area contributed by atoms with Crippen molar-refractivity contribution in [3.8, 4) is 0 Å². The zero-order chi connectivity index (χ0) is 12.3. The molecule has 0 aromatic heterocycles. The van der Waals surface area contributed by atoms with E-state index in [1.807, 2.05) is 0 Å². The molecule has 1 atom stereocenters. The van der Waals surface area contributed by atoms with Crippen molar-refractivity contribution in [3.63, 3.8) is 0 Å². The third-order valence-electron chi connectivity index (χ3n) is 2.88. The minimum Gasteiger partial charge on any atom is -0.323 e. The first kappa shape index (κ1) is 12.3. The van der Waals surface area contributed by atoms with Crippen LogP contribution in [0.2, 0.25) is 5.02 Å². The molecule has 0 bridgehead atoms. The van der Waals surface area contributed by atoms with Crippen molar-refractivity contribution in [1.29, 1.82) is 0 Å². The second-order valence-corrected chi connectivity index (χ2v) is 4.54. The minimum atomic E-state index is -0.578. The standard InChI is InChI=1S/C12H14ClFN2O/c13-9-4-1-5-10(11(9)14)16-12(17)8-3-2-6-15-7-8/h1,4-5,8,15H,2-3,6-7H2,(H,16,17)/t8-/m0/s1. The third kappa shape index (κ3) is 2.96. The van der Waals surface area contributed by atoms with Gasteiger partial charge in [0, 0.05) is 6.54 Å². The molecule has 1 aliphatic rings. The third-order valence-corrected chi connectivity index (χ3v) is 3.17. The Labute approximate surface area is 104 Å². The summed E-state index contributed by atoms with van der Waals surface area (Å²) >= 11 is 5.64. The van der Waals surface area contributed by atoms with Crippen LogP contribution in [0, 0.1) is 11.7 Å². The van der Waals surface area contributed by atoms with Gasteiger partial charge in [-0.2, -0.15) is 0 Å². The first-order valence-corrected chi connectivity index (χ1v) is 6.02. The van der Waals surface area contributed by atoms with Crippen LogP contribution in [0.1, 0.15) is 12.8 Å². The van der Waals surface area contributed by atoms with Gasteiger partial charge in [-0.05, 0) is 31.5 Å². The molecule has 1 fully saturated rings. The fourth-order valence-corrected chi connectivity index (χ4v) is 2.09. The van der Waals surface area contributed by atoms with E-state index in [1.54, 1.807) is 6.07 Å². The largest absolute Gasteiger partial charge is 0.323 e. The molecular formula is C12H14ClFN2O. The summed E-state index contributed by atoms with van der Waals surface area (Å²) in [6, 6.07) is 4.57. The zero-order valence-electron chi connectivity index (χ0n) is 9.30. The molecule has 5 heteroatoms. The highest BCUT2D eigenvalue weighted by Crippen LogP contribution is 2.23. The van der Waals surface area contributed by atoms with Crippen LogP contribution in [0.25, 0.3) is 0 Å². The number of hydrogen-bond donors (Lipinski definition) is 2. The molecular weight excluding hydrogens is 243 g/mol. The molecule has 1 heterocycles. The fourth-order valence-electron chi connectivity index (χ4n) is 1.91. The van der Waals surface area contributed by atoms with Crippen molar-refractivity contribution in [2.45, 2.75) is 12.8 Å². The van der Waals surface area contributed by atoms with Gasteiger partial charge < -0.3 is 10.6 Å². The van der Waals surface area contributed by atoms with Crippen LogP contribution in [0.15, 0.2) is 18.2 Å². The van der Waals surface area contributed by atoms with E-state index in [0.717, 1.165) is 19.4 Å². The maximum absolute atomic E-state index is 13.6. The summed E-state index contributed by atoms with van der Waals surface area (Å²) in [6.07, 6.45) is 1.80. The topological polar surface area (TPSA) is 41.1 Å². The molecule has 0 unspecified atom stereocenters. The SMILES string of the molecule is O=C(Nc1cccc(Cl)c1F)[C@H]1CCCNC1. The predicted molar refractivity (Wildman–Crippen MR) is 65.6 cm³/mol. The Hall–Kier alpha value is -1.13. The van der Waals surface area contributed by atoms with Crippen LogP contribution in [0.5, 0.6) is 0 Å². The van der Waals surface area contributed by atoms with Crippen LogP contribution >= 0.6 is 11.6 Å². The predicted octanol–water partition coefficient (Wildman–Crippen LogP) is 2.42. The first-order valence-electron chi connectivity index (χ1n) is 5.64. The highest BCUT2D eigenvalue weighted by atomic mass is 35.5. The van der Waals surface area contributed by atoms with E-state index in [-0.39, 0.29) is 22.5 Å². The molecule has 1 aromatic rings. The summed E-state index contributed by atoms with van der Waals surface area (Å²) in [6.45, 7) is 1.59. The summed E-state index contributed by atoms with van der Waals surface area (Å²) in [5.41, 5.74) is 0.146. The molecule has 1 aliphatic heterocycles. The van der Waals surface area contributed by atoms with E-state index in [4.69, 9.17) is 11.6 Å². The van der Waals surface area contributed by atoms with Crippen LogP contribution in [-0.2, 0) is 4.79 Å². The molecule has 1 amide bonds. The first-order chi connectivity index (χ1) is 8.18. The molecule has 2 rings (SSSR count). The molecule has 1 aromatic carbocycles. The van der Waals surface area contributed by atoms with Crippen molar-refractivity contribution in [1.82, 2.24) is 5.32 Å². The van der Waals surface area contributed by atoms with E-state index in [1.165, 1.54) is 12.1 Å². The van der Waals surface area contributed by atoms with Gasteiger partial charge in [-0.3, -0.25) is 4.79 Å². The summed E-state index contributed by atoms with van der Waals surface area (Å²) in [7, 11) is 0. The molecule has 0 radical (unpaired) electrons. The van der Waals surface area contributed by atoms with E-state index < -0.39 is 5.82 Å². The quantitative estimate of drug-likeness (QED) is 0.853. The summed E-state index contributed by atoms with van der Waals surface area (Å²) in [5.74, 6) is -0.827. The lowest BCUT2D eigenvalue weighted by molar-refractivity contribution is -0.120. The number of piperidine rings is 1. The maximum atomic E-state index is 13.6. The second kappa shape index (κ2) is 5.47. The molecule has 2 N–H and O–H groups in total. The average molecular weight is 257 g/mol. The Balaban J connectivity index is 2.04. The number of halogens is 2. The van der Waals surface area contributed by atoms with Crippen LogP contribution in [0.4, 0.5) is 10.1 Å². The molecule has 17 heavy (non-hydrogen) atoms. The lowest BCUT2D eigenvalue weighted by Crippen LogP contribution is -2.37. The van der Waals surface area contributed by atoms with Crippen LogP contribution < -0.4 is 10.6 Å². The fraction of sp³-hybridized carbons (Fsp3) is 0.417. The number of carbonyl (C=O) groups is 1. The Morgan fingerprint density at radius 3 is 3.06 bits per heavy atom. The number of benzene rings is 1. The Morgan fingerprint density at radius 2 is 2.35 bits per heavy atom. The number of carbonyl (C=O) groups excluding carboxylic acids is 1. The monoisotopic (exact) mass is 256 g/mol. The molecule has 92 valence electrons. The molecule has 0 saturated carbocycles. The van der Waals surface area contributed by atoms with Gasteiger partial charge in [0.15, 0.2) is 5.82 Å². The second-order valence-electron chi connectivity index (χ2n) is 4.13. The van der Waals surface area contributed by atoms with E-state index in [2.05, 4.69) is 10.6 Å². The zero-order valence-corrected chi connectivity index (χ0v) is 10.1. The number of rotatable bonds is 2. The van der Waals surface area contributed by atoms with E-state index in [9.17, 15) is 9.18 Å². The summed E-state index contributed by atoms with van der Waals surface area (Å²) in [5, 5.41) is 5.75. The Kier molecular flexibility index (Phi) is 3.97. The highest BCUT2D eigenvalue weighted by molar-refractivity contribution is 6.31.